The highest BCUT2D eigenvalue weighted by atomic mass is 16.2. The number of carbonyl (C=O) groups excluding carboxylic acids is 1. The van der Waals surface area contributed by atoms with Crippen LogP contribution in [0.2, 0.25) is 0 Å². The van der Waals surface area contributed by atoms with Crippen molar-refractivity contribution in [1.82, 2.24) is 34.4 Å². The van der Waals surface area contributed by atoms with Gasteiger partial charge in [0.2, 0.25) is 5.78 Å². The van der Waals surface area contributed by atoms with Crippen LogP contribution in [0.4, 0.5) is 0 Å². The van der Waals surface area contributed by atoms with Crippen LogP contribution < -0.4 is 0 Å². The summed E-state index contributed by atoms with van der Waals surface area (Å²) >= 11 is 0. The largest absolute Gasteiger partial charge is 0.345 e. The van der Waals surface area contributed by atoms with Crippen LogP contribution in [0.15, 0.2) is 18.5 Å². The van der Waals surface area contributed by atoms with E-state index in [2.05, 4.69) is 39.3 Å². The van der Waals surface area contributed by atoms with Crippen LogP contribution >= 0.6 is 0 Å². The Balaban J connectivity index is 1.63. The SMILES string of the molecule is Cc1cc(C)n2cc(CN3CCCCC3c3[nH]ncc3C(=O)N(C)C)nc2n1. The number of aromatic amines is 1. The first-order valence-electron chi connectivity index (χ1n) is 9.75. The van der Waals surface area contributed by atoms with Gasteiger partial charge in [0.25, 0.3) is 5.91 Å². The fraction of sp³-hybridized carbons (Fsp3) is 0.500. The minimum absolute atomic E-state index is 0.0164. The van der Waals surface area contributed by atoms with E-state index < -0.39 is 0 Å². The van der Waals surface area contributed by atoms with E-state index in [1.807, 2.05) is 11.3 Å². The van der Waals surface area contributed by atoms with Crippen molar-refractivity contribution in [2.45, 2.75) is 45.7 Å². The second kappa shape index (κ2) is 7.35. The molecule has 4 rings (SSSR count). The topological polar surface area (TPSA) is 82.4 Å². The number of hydrogen-bond acceptors (Lipinski definition) is 5. The summed E-state index contributed by atoms with van der Waals surface area (Å²) in [7, 11) is 3.54. The Morgan fingerprint density at radius 2 is 2.11 bits per heavy atom. The third-order valence-electron chi connectivity index (χ3n) is 5.43. The van der Waals surface area contributed by atoms with E-state index in [4.69, 9.17) is 4.98 Å². The molecule has 0 aromatic carbocycles. The van der Waals surface area contributed by atoms with Crippen molar-refractivity contribution in [2.24, 2.45) is 0 Å². The zero-order valence-electron chi connectivity index (χ0n) is 16.9. The molecule has 8 heteroatoms. The predicted molar refractivity (Wildman–Crippen MR) is 106 cm³/mol. The first kappa shape index (κ1) is 18.6. The number of fused-ring (bicyclic) bond motifs is 1. The molecular formula is C20H27N7O. The van der Waals surface area contributed by atoms with Gasteiger partial charge in [-0.1, -0.05) is 6.42 Å². The maximum atomic E-state index is 12.5. The Kier molecular flexibility index (Phi) is 4.89. The molecule has 28 heavy (non-hydrogen) atoms. The lowest BCUT2D eigenvalue weighted by atomic mass is 9.96. The minimum Gasteiger partial charge on any atom is -0.345 e. The second-order valence-corrected chi connectivity index (χ2v) is 7.82. The molecule has 0 aliphatic carbocycles. The summed E-state index contributed by atoms with van der Waals surface area (Å²) in [6, 6.07) is 2.20. The van der Waals surface area contributed by atoms with E-state index in [1.165, 1.54) is 0 Å². The highest BCUT2D eigenvalue weighted by molar-refractivity contribution is 5.94. The molecule has 8 nitrogen and oxygen atoms in total. The standard InChI is InChI=1S/C20H27N7O/c1-13-9-14(2)27-12-15(23-20(27)22-13)11-26-8-6-5-7-17(26)18-16(10-21-24-18)19(28)25(3)4/h9-10,12,17H,5-8,11H2,1-4H3,(H,21,24). The Labute approximate surface area is 164 Å². The molecule has 1 aliphatic heterocycles. The summed E-state index contributed by atoms with van der Waals surface area (Å²) in [4.78, 5) is 25.8. The molecule has 0 spiro atoms. The molecule has 3 aromatic heterocycles. The van der Waals surface area contributed by atoms with Crippen LogP contribution in [0.5, 0.6) is 0 Å². The number of aromatic nitrogens is 5. The van der Waals surface area contributed by atoms with Crippen molar-refractivity contribution >= 4 is 11.7 Å². The monoisotopic (exact) mass is 381 g/mol. The molecule has 1 N–H and O–H groups in total. The number of aryl methyl sites for hydroxylation is 2. The molecule has 0 saturated carbocycles. The second-order valence-electron chi connectivity index (χ2n) is 7.82. The smallest absolute Gasteiger partial charge is 0.256 e. The van der Waals surface area contributed by atoms with Crippen LogP contribution in [0.3, 0.4) is 0 Å². The number of H-pyrrole nitrogens is 1. The van der Waals surface area contributed by atoms with E-state index in [9.17, 15) is 4.79 Å². The third kappa shape index (κ3) is 3.40. The number of likely N-dealkylation sites (tertiary alicyclic amines) is 1. The number of nitrogens with zero attached hydrogens (tertiary/aromatic N) is 6. The van der Waals surface area contributed by atoms with Crippen molar-refractivity contribution in [3.05, 3.63) is 46.8 Å². The molecule has 1 aliphatic rings. The molecular weight excluding hydrogens is 354 g/mol. The molecule has 1 amide bonds. The fourth-order valence-corrected chi connectivity index (χ4v) is 4.07. The van der Waals surface area contributed by atoms with Crippen LogP contribution in [-0.4, -0.2) is 60.9 Å². The van der Waals surface area contributed by atoms with Gasteiger partial charge in [0, 0.05) is 38.2 Å². The lowest BCUT2D eigenvalue weighted by Gasteiger charge is -2.35. The van der Waals surface area contributed by atoms with E-state index in [0.29, 0.717) is 5.56 Å². The van der Waals surface area contributed by atoms with Crippen LogP contribution in [0.25, 0.3) is 5.78 Å². The molecule has 148 valence electrons. The quantitative estimate of drug-likeness (QED) is 0.751. The summed E-state index contributed by atoms with van der Waals surface area (Å²) in [5.41, 5.74) is 4.66. The minimum atomic E-state index is -0.0164. The van der Waals surface area contributed by atoms with E-state index >= 15 is 0 Å². The van der Waals surface area contributed by atoms with Gasteiger partial charge in [-0.15, -0.1) is 0 Å². The number of piperidine rings is 1. The summed E-state index contributed by atoms with van der Waals surface area (Å²) in [6.07, 6.45) is 7.00. The number of amides is 1. The Morgan fingerprint density at radius 1 is 1.29 bits per heavy atom. The van der Waals surface area contributed by atoms with Gasteiger partial charge in [-0.3, -0.25) is 19.2 Å². The number of carbonyl (C=O) groups is 1. The van der Waals surface area contributed by atoms with Crippen molar-refractivity contribution in [2.75, 3.05) is 20.6 Å². The number of rotatable bonds is 4. The van der Waals surface area contributed by atoms with Crippen LogP contribution in [-0.2, 0) is 6.54 Å². The molecule has 0 bridgehead atoms. The first-order valence-corrected chi connectivity index (χ1v) is 9.75. The van der Waals surface area contributed by atoms with Crippen molar-refractivity contribution in [3.8, 4) is 0 Å². The van der Waals surface area contributed by atoms with Gasteiger partial charge >= 0.3 is 0 Å². The summed E-state index contributed by atoms with van der Waals surface area (Å²) in [6.45, 7) is 5.75. The predicted octanol–water partition coefficient (Wildman–Crippen LogP) is 2.50. The Morgan fingerprint density at radius 3 is 2.89 bits per heavy atom. The van der Waals surface area contributed by atoms with Gasteiger partial charge in [-0.2, -0.15) is 5.10 Å². The average Bonchev–Trinajstić information content (AvgIpc) is 3.28. The van der Waals surface area contributed by atoms with Gasteiger partial charge in [0.05, 0.1) is 29.2 Å². The summed E-state index contributed by atoms with van der Waals surface area (Å²) in [5, 5.41) is 7.26. The molecule has 1 fully saturated rings. The Bertz CT molecular complexity index is 1000. The number of imidazole rings is 1. The van der Waals surface area contributed by atoms with Gasteiger partial charge in [0.1, 0.15) is 0 Å². The van der Waals surface area contributed by atoms with Gasteiger partial charge in [0.15, 0.2) is 0 Å². The van der Waals surface area contributed by atoms with Gasteiger partial charge in [-0.25, -0.2) is 9.97 Å². The number of hydrogen-bond donors (Lipinski definition) is 1. The lowest BCUT2D eigenvalue weighted by Crippen LogP contribution is -2.34. The van der Waals surface area contributed by atoms with Crippen molar-refractivity contribution < 1.29 is 4.79 Å². The molecule has 1 unspecified atom stereocenters. The molecule has 3 aromatic rings. The normalized spacial score (nSPS) is 17.9. The van der Waals surface area contributed by atoms with Crippen LogP contribution in [0, 0.1) is 13.8 Å². The Hall–Kier alpha value is -2.74. The van der Waals surface area contributed by atoms with E-state index in [0.717, 1.165) is 60.9 Å². The van der Waals surface area contributed by atoms with Crippen molar-refractivity contribution in [1.29, 1.82) is 0 Å². The number of nitrogens with one attached hydrogen (secondary N) is 1. The fourth-order valence-electron chi connectivity index (χ4n) is 4.07. The van der Waals surface area contributed by atoms with Crippen molar-refractivity contribution in [3.63, 3.8) is 0 Å². The molecule has 4 heterocycles. The van der Waals surface area contributed by atoms with E-state index in [1.54, 1.807) is 25.2 Å². The highest BCUT2D eigenvalue weighted by Crippen LogP contribution is 2.33. The summed E-state index contributed by atoms with van der Waals surface area (Å²) < 4.78 is 2.04. The highest BCUT2D eigenvalue weighted by Gasteiger charge is 2.30. The third-order valence-corrected chi connectivity index (χ3v) is 5.43. The zero-order valence-corrected chi connectivity index (χ0v) is 16.9. The molecule has 1 atom stereocenters. The van der Waals surface area contributed by atoms with Crippen LogP contribution in [0.1, 0.15) is 58.4 Å². The van der Waals surface area contributed by atoms with E-state index in [-0.39, 0.29) is 11.9 Å². The average molecular weight is 381 g/mol. The lowest BCUT2D eigenvalue weighted by molar-refractivity contribution is 0.0818. The molecule has 1 saturated heterocycles. The molecule has 0 radical (unpaired) electrons. The maximum absolute atomic E-state index is 12.5. The van der Waals surface area contributed by atoms with Gasteiger partial charge < -0.3 is 4.90 Å². The first-order chi connectivity index (χ1) is 13.4. The maximum Gasteiger partial charge on any atom is 0.256 e. The van der Waals surface area contributed by atoms with Gasteiger partial charge in [-0.05, 0) is 39.3 Å². The summed E-state index contributed by atoms with van der Waals surface area (Å²) in [5.74, 6) is 0.725. The zero-order chi connectivity index (χ0) is 19.8.